The van der Waals surface area contributed by atoms with Crippen LogP contribution < -0.4 is 14.8 Å². The Labute approximate surface area is 95.2 Å². The highest BCUT2D eigenvalue weighted by molar-refractivity contribution is 5.40. The van der Waals surface area contributed by atoms with Crippen LogP contribution in [0.25, 0.3) is 0 Å². The Morgan fingerprint density at radius 3 is 2.25 bits per heavy atom. The quantitative estimate of drug-likeness (QED) is 0.805. The van der Waals surface area contributed by atoms with Crippen molar-refractivity contribution in [3.8, 4) is 11.5 Å². The van der Waals surface area contributed by atoms with E-state index in [1.807, 2.05) is 18.2 Å². The number of methoxy groups -OCH3 is 2. The van der Waals surface area contributed by atoms with Crippen molar-refractivity contribution in [3.63, 3.8) is 0 Å². The Morgan fingerprint density at radius 2 is 1.81 bits per heavy atom. The van der Waals surface area contributed by atoms with Crippen LogP contribution >= 0.6 is 0 Å². The maximum absolute atomic E-state index is 9.49. The fraction of sp³-hybridized carbons (Fsp3) is 0.500. The van der Waals surface area contributed by atoms with Crippen LogP contribution in [0.4, 0.5) is 0 Å². The van der Waals surface area contributed by atoms with Crippen LogP contribution in [0.3, 0.4) is 0 Å². The first-order valence-electron chi connectivity index (χ1n) is 5.37. The van der Waals surface area contributed by atoms with Crippen molar-refractivity contribution in [2.45, 2.75) is 18.6 Å². The number of hydrogen-bond acceptors (Lipinski definition) is 4. The van der Waals surface area contributed by atoms with Gasteiger partial charge in [-0.15, -0.1) is 0 Å². The van der Waals surface area contributed by atoms with Gasteiger partial charge in [0.05, 0.1) is 20.3 Å². The third-order valence-electron chi connectivity index (χ3n) is 2.88. The van der Waals surface area contributed by atoms with Gasteiger partial charge in [0.2, 0.25) is 0 Å². The van der Waals surface area contributed by atoms with Crippen molar-refractivity contribution in [2.24, 2.45) is 0 Å². The summed E-state index contributed by atoms with van der Waals surface area (Å²) >= 11 is 0. The van der Waals surface area contributed by atoms with E-state index in [4.69, 9.17) is 9.47 Å². The highest BCUT2D eigenvalue weighted by atomic mass is 16.5. The van der Waals surface area contributed by atoms with Gasteiger partial charge in [0.1, 0.15) is 11.5 Å². The normalized spacial score (nSPS) is 24.4. The number of benzene rings is 1. The molecule has 1 aliphatic rings. The number of nitrogens with one attached hydrogen (secondary N) is 1. The van der Waals surface area contributed by atoms with Gasteiger partial charge >= 0.3 is 0 Å². The van der Waals surface area contributed by atoms with Crippen molar-refractivity contribution >= 4 is 0 Å². The summed E-state index contributed by atoms with van der Waals surface area (Å²) in [5, 5.41) is 12.8. The molecular formula is C12H17NO3. The minimum absolute atomic E-state index is 0.180. The lowest BCUT2D eigenvalue weighted by atomic mass is 10.0. The van der Waals surface area contributed by atoms with E-state index < -0.39 is 0 Å². The zero-order valence-electron chi connectivity index (χ0n) is 9.56. The molecule has 88 valence electrons. The number of aliphatic hydroxyl groups is 1. The van der Waals surface area contributed by atoms with Crippen molar-refractivity contribution < 1.29 is 14.6 Å². The van der Waals surface area contributed by atoms with E-state index >= 15 is 0 Å². The van der Waals surface area contributed by atoms with Gasteiger partial charge in [-0.05, 0) is 24.1 Å². The van der Waals surface area contributed by atoms with Crippen LogP contribution in [0.15, 0.2) is 18.2 Å². The summed E-state index contributed by atoms with van der Waals surface area (Å²) in [5.41, 5.74) is 1.09. The Bertz CT molecular complexity index is 345. The first kappa shape index (κ1) is 11.2. The largest absolute Gasteiger partial charge is 0.497 e. The number of ether oxygens (including phenoxy) is 2. The number of β-amino-alcohol motifs (C(OH)–C–C–N with tert-alkyl or cyclic N) is 1. The maximum atomic E-state index is 9.49. The molecule has 1 aliphatic heterocycles. The SMILES string of the molecule is COc1cc(OC)cc(C2CC(O)CN2)c1. The molecule has 1 saturated heterocycles. The Hall–Kier alpha value is -1.26. The van der Waals surface area contributed by atoms with E-state index in [1.54, 1.807) is 14.2 Å². The number of aliphatic hydroxyl groups excluding tert-OH is 1. The molecule has 2 rings (SSSR count). The van der Waals surface area contributed by atoms with Crippen LogP contribution in [0.5, 0.6) is 11.5 Å². The smallest absolute Gasteiger partial charge is 0.122 e. The topological polar surface area (TPSA) is 50.7 Å². The molecule has 2 atom stereocenters. The molecule has 16 heavy (non-hydrogen) atoms. The van der Waals surface area contributed by atoms with Crippen LogP contribution in [0.2, 0.25) is 0 Å². The molecule has 0 saturated carbocycles. The molecule has 0 radical (unpaired) electrons. The zero-order valence-corrected chi connectivity index (χ0v) is 9.56. The molecule has 4 heteroatoms. The standard InChI is InChI=1S/C12H17NO3/c1-15-10-3-8(4-11(6-10)16-2)12-5-9(14)7-13-12/h3-4,6,9,12-14H,5,7H2,1-2H3. The van der Waals surface area contributed by atoms with Crippen LogP contribution in [-0.4, -0.2) is 32.0 Å². The fourth-order valence-corrected chi connectivity index (χ4v) is 2.00. The molecule has 0 bridgehead atoms. The lowest BCUT2D eigenvalue weighted by molar-refractivity contribution is 0.193. The third kappa shape index (κ3) is 2.28. The maximum Gasteiger partial charge on any atom is 0.122 e. The summed E-state index contributed by atoms with van der Waals surface area (Å²) in [7, 11) is 3.27. The van der Waals surface area contributed by atoms with Crippen molar-refractivity contribution in [2.75, 3.05) is 20.8 Å². The molecule has 2 N–H and O–H groups in total. The molecule has 1 fully saturated rings. The molecule has 1 heterocycles. The van der Waals surface area contributed by atoms with Gasteiger partial charge in [-0.2, -0.15) is 0 Å². The molecule has 0 aliphatic carbocycles. The summed E-state index contributed by atoms with van der Waals surface area (Å²) in [5.74, 6) is 1.55. The van der Waals surface area contributed by atoms with E-state index in [-0.39, 0.29) is 12.1 Å². The van der Waals surface area contributed by atoms with E-state index in [9.17, 15) is 5.11 Å². The highest BCUT2D eigenvalue weighted by Crippen LogP contribution is 2.30. The van der Waals surface area contributed by atoms with Crippen LogP contribution in [0.1, 0.15) is 18.0 Å². The van der Waals surface area contributed by atoms with E-state index in [1.165, 1.54) is 0 Å². The molecule has 2 unspecified atom stereocenters. The number of rotatable bonds is 3. The summed E-state index contributed by atoms with van der Waals surface area (Å²) in [6, 6.07) is 5.96. The summed E-state index contributed by atoms with van der Waals surface area (Å²) in [6.45, 7) is 0.643. The second-order valence-electron chi connectivity index (χ2n) is 4.00. The van der Waals surface area contributed by atoms with Crippen LogP contribution in [0, 0.1) is 0 Å². The first-order chi connectivity index (χ1) is 7.72. The predicted octanol–water partition coefficient (Wildman–Crippen LogP) is 1.10. The molecule has 0 spiro atoms. The van der Waals surface area contributed by atoms with E-state index in [0.717, 1.165) is 23.5 Å². The van der Waals surface area contributed by atoms with Gasteiger partial charge in [-0.1, -0.05) is 0 Å². The van der Waals surface area contributed by atoms with Gasteiger partial charge in [0, 0.05) is 18.7 Å². The summed E-state index contributed by atoms with van der Waals surface area (Å²) in [4.78, 5) is 0. The van der Waals surface area contributed by atoms with Gasteiger partial charge in [0.25, 0.3) is 0 Å². The minimum atomic E-state index is -0.262. The van der Waals surface area contributed by atoms with Gasteiger partial charge in [-0.25, -0.2) is 0 Å². The van der Waals surface area contributed by atoms with Crippen molar-refractivity contribution in [1.82, 2.24) is 5.32 Å². The lowest BCUT2D eigenvalue weighted by Crippen LogP contribution is -2.14. The zero-order chi connectivity index (χ0) is 11.5. The third-order valence-corrected chi connectivity index (χ3v) is 2.88. The van der Waals surface area contributed by atoms with E-state index in [2.05, 4.69) is 5.32 Å². The van der Waals surface area contributed by atoms with Crippen molar-refractivity contribution in [1.29, 1.82) is 0 Å². The lowest BCUT2D eigenvalue weighted by Gasteiger charge is -2.13. The molecular weight excluding hydrogens is 206 g/mol. The van der Waals surface area contributed by atoms with Crippen LogP contribution in [-0.2, 0) is 0 Å². The Balaban J connectivity index is 2.25. The monoisotopic (exact) mass is 223 g/mol. The molecule has 1 aromatic rings. The molecule has 1 aromatic carbocycles. The highest BCUT2D eigenvalue weighted by Gasteiger charge is 2.24. The van der Waals surface area contributed by atoms with Crippen molar-refractivity contribution in [3.05, 3.63) is 23.8 Å². The average molecular weight is 223 g/mol. The second kappa shape index (κ2) is 4.72. The average Bonchev–Trinajstić information content (AvgIpc) is 2.75. The Kier molecular flexibility index (Phi) is 3.31. The van der Waals surface area contributed by atoms with E-state index in [0.29, 0.717) is 6.54 Å². The first-order valence-corrected chi connectivity index (χ1v) is 5.37. The second-order valence-corrected chi connectivity index (χ2v) is 4.00. The molecule has 4 nitrogen and oxygen atoms in total. The van der Waals surface area contributed by atoms with Gasteiger partial charge in [0.15, 0.2) is 0 Å². The fourth-order valence-electron chi connectivity index (χ4n) is 2.00. The number of hydrogen-bond donors (Lipinski definition) is 2. The molecule has 0 aromatic heterocycles. The van der Waals surface area contributed by atoms with Gasteiger partial charge in [-0.3, -0.25) is 0 Å². The van der Waals surface area contributed by atoms with Gasteiger partial charge < -0.3 is 19.9 Å². The molecule has 0 amide bonds. The summed E-state index contributed by atoms with van der Waals surface area (Å²) < 4.78 is 10.4. The summed E-state index contributed by atoms with van der Waals surface area (Å²) in [6.07, 6.45) is 0.471. The minimum Gasteiger partial charge on any atom is -0.497 e. The predicted molar refractivity (Wildman–Crippen MR) is 60.9 cm³/mol. The Morgan fingerprint density at radius 1 is 1.19 bits per heavy atom.